The first-order valence-corrected chi connectivity index (χ1v) is 2.68. The van der Waals surface area contributed by atoms with Crippen LogP contribution in [0.25, 0.3) is 0 Å². The van der Waals surface area contributed by atoms with E-state index in [9.17, 15) is 0 Å². The zero-order chi connectivity index (χ0) is 4.50. The molecule has 0 saturated carbocycles. The Morgan fingerprint density at radius 3 is 0.500 bits per heavy atom. The number of halogens is 6. The molecule has 0 radical (unpaired) electrons. The van der Waals surface area contributed by atoms with Crippen molar-refractivity contribution in [2.45, 2.75) is 0 Å². The first kappa shape index (κ1) is 86.1. The van der Waals surface area contributed by atoms with Crippen LogP contribution in [0.5, 0.6) is 0 Å². The van der Waals surface area contributed by atoms with Crippen molar-refractivity contribution in [3.05, 3.63) is 0 Å². The zero-order valence-electron chi connectivity index (χ0n) is 4.74. The van der Waals surface area contributed by atoms with Gasteiger partial charge in [0, 0.05) is 0 Å². The monoisotopic (exact) mass is 224 g/mol. The van der Waals surface area contributed by atoms with Crippen LogP contribution in [0.2, 0.25) is 0 Å². The first-order chi connectivity index (χ1) is 2.00. The van der Waals surface area contributed by atoms with Crippen LogP contribution in [0.3, 0.4) is 0 Å². The Morgan fingerprint density at radius 2 is 0.500 bits per heavy atom. The van der Waals surface area contributed by atoms with Gasteiger partial charge in [-0.15, -0.1) is 0 Å². The second-order valence-corrected chi connectivity index (χ2v) is 1.80. The van der Waals surface area contributed by atoms with Gasteiger partial charge in [0.2, 0.25) is 0 Å². The average molecular weight is 224 g/mol. The van der Waals surface area contributed by atoms with Gasteiger partial charge in [0.15, 0.2) is 0 Å². The van der Waals surface area contributed by atoms with Gasteiger partial charge in [-0.3, -0.25) is 28.2 Å². The molecule has 0 aliphatic rings. The molecule has 0 aliphatic carbocycles. The SMILES string of the molecule is F.F.F.F.F.F.O[Si](O)(O)O.[LiH]. The fraction of sp³-hybridized carbons (Fsp3) is 0. The van der Waals surface area contributed by atoms with Crippen LogP contribution < -0.4 is 0 Å². The summed E-state index contributed by atoms with van der Waals surface area (Å²) < 4.78 is 0. The molecule has 0 saturated heterocycles. The Hall–Kier alpha value is 0.234. The second kappa shape index (κ2) is 30.3. The molecule has 12 heteroatoms. The van der Waals surface area contributed by atoms with Crippen LogP contribution in [0.4, 0.5) is 28.2 Å². The van der Waals surface area contributed by atoms with Crippen molar-refractivity contribution < 1.29 is 47.4 Å². The summed E-state index contributed by atoms with van der Waals surface area (Å²) in [6.45, 7) is 0. The van der Waals surface area contributed by atoms with E-state index in [-0.39, 0.29) is 47.1 Å². The molecule has 0 rings (SSSR count). The fourth-order valence-electron chi connectivity index (χ4n) is 0. The molecule has 12 heavy (non-hydrogen) atoms. The minimum atomic E-state index is -4.61. The summed E-state index contributed by atoms with van der Waals surface area (Å²) >= 11 is 0. The quantitative estimate of drug-likeness (QED) is 0.274. The van der Waals surface area contributed by atoms with Crippen molar-refractivity contribution in [3.63, 3.8) is 0 Å². The molecular formula is H11F6LiO4Si. The summed E-state index contributed by atoms with van der Waals surface area (Å²) in [5.41, 5.74) is 0. The summed E-state index contributed by atoms with van der Waals surface area (Å²) in [6.07, 6.45) is 0. The van der Waals surface area contributed by atoms with Gasteiger partial charge in [-0.2, -0.15) is 0 Å². The summed E-state index contributed by atoms with van der Waals surface area (Å²) in [5.74, 6) is 0. The maximum atomic E-state index is 7.33. The van der Waals surface area contributed by atoms with E-state index >= 15 is 0 Å². The molecule has 0 aliphatic heterocycles. The van der Waals surface area contributed by atoms with Gasteiger partial charge >= 0.3 is 27.9 Å². The predicted molar refractivity (Wildman–Crippen MR) is 36.8 cm³/mol. The summed E-state index contributed by atoms with van der Waals surface area (Å²) in [7, 11) is -4.61. The van der Waals surface area contributed by atoms with Crippen LogP contribution in [0, 0.1) is 0 Å². The van der Waals surface area contributed by atoms with E-state index in [4.69, 9.17) is 19.2 Å². The van der Waals surface area contributed by atoms with Crippen molar-refractivity contribution in [2.24, 2.45) is 0 Å². The number of rotatable bonds is 0. The molecule has 0 aromatic carbocycles. The van der Waals surface area contributed by atoms with Crippen LogP contribution in [-0.4, -0.2) is 47.1 Å². The molecule has 0 atom stereocenters. The van der Waals surface area contributed by atoms with Gasteiger partial charge in [-0.25, -0.2) is 0 Å². The minimum absolute atomic E-state index is 0. The third-order valence-electron chi connectivity index (χ3n) is 0. The Balaban J connectivity index is -0.00000000381. The standard InChI is InChI=1S/6FH.Li.H4O4Si.H/c;;;;;;;1-5(2,3)4;/h6*1H;;1-4H;. The van der Waals surface area contributed by atoms with Gasteiger partial charge in [0.05, 0.1) is 0 Å². The summed E-state index contributed by atoms with van der Waals surface area (Å²) in [6, 6.07) is 0. The maximum absolute atomic E-state index is 7.33. The normalized spacial score (nSPS) is 5.00. The van der Waals surface area contributed by atoms with E-state index in [1.165, 1.54) is 0 Å². The van der Waals surface area contributed by atoms with E-state index in [1.54, 1.807) is 0 Å². The molecule has 0 unspecified atom stereocenters. The Labute approximate surface area is 76.1 Å². The number of hydrogen-bond donors (Lipinski definition) is 4. The van der Waals surface area contributed by atoms with E-state index in [2.05, 4.69) is 0 Å². The van der Waals surface area contributed by atoms with E-state index in [0.717, 1.165) is 0 Å². The van der Waals surface area contributed by atoms with Crippen LogP contribution in [0.1, 0.15) is 0 Å². The van der Waals surface area contributed by atoms with Crippen LogP contribution >= 0.6 is 0 Å². The first-order valence-electron chi connectivity index (χ1n) is 0.894. The average Bonchev–Trinajstić information content (AvgIpc) is 0.722. The predicted octanol–water partition coefficient (Wildman–Crippen LogP) is -2.34. The molecule has 0 bridgehead atoms. The summed E-state index contributed by atoms with van der Waals surface area (Å²) in [4.78, 5) is 29.3. The second-order valence-electron chi connectivity index (χ2n) is 0.600. The van der Waals surface area contributed by atoms with Crippen molar-refractivity contribution in [2.75, 3.05) is 0 Å². The van der Waals surface area contributed by atoms with Gasteiger partial charge in [0.1, 0.15) is 0 Å². The van der Waals surface area contributed by atoms with Crippen LogP contribution in [-0.2, 0) is 0 Å². The number of hydrogen-bond acceptors (Lipinski definition) is 4. The molecule has 0 heterocycles. The van der Waals surface area contributed by atoms with E-state index < -0.39 is 9.05 Å². The molecule has 82 valence electrons. The molecule has 4 N–H and O–H groups in total. The Bertz CT molecular complexity index is 35.0. The molecule has 4 nitrogen and oxygen atoms in total. The Morgan fingerprint density at radius 1 is 0.500 bits per heavy atom. The molecule has 0 aromatic rings. The Kier molecular flexibility index (Phi) is 217. The van der Waals surface area contributed by atoms with Gasteiger partial charge in [0.25, 0.3) is 0 Å². The third-order valence-corrected chi connectivity index (χ3v) is 0. The van der Waals surface area contributed by atoms with E-state index in [1.807, 2.05) is 0 Å². The van der Waals surface area contributed by atoms with Crippen molar-refractivity contribution >= 4 is 27.9 Å². The van der Waals surface area contributed by atoms with Crippen molar-refractivity contribution in [1.29, 1.82) is 0 Å². The van der Waals surface area contributed by atoms with Gasteiger partial charge < -0.3 is 19.2 Å². The molecule has 0 amide bonds. The fourth-order valence-corrected chi connectivity index (χ4v) is 0. The van der Waals surface area contributed by atoms with Gasteiger partial charge in [-0.1, -0.05) is 0 Å². The molecular weight excluding hydrogens is 213 g/mol. The van der Waals surface area contributed by atoms with Crippen molar-refractivity contribution in [1.82, 2.24) is 0 Å². The van der Waals surface area contributed by atoms with Gasteiger partial charge in [-0.05, 0) is 0 Å². The molecule has 0 fully saturated rings. The van der Waals surface area contributed by atoms with Crippen LogP contribution in [0.15, 0.2) is 0 Å². The van der Waals surface area contributed by atoms with Crippen molar-refractivity contribution in [3.8, 4) is 0 Å². The third kappa shape index (κ3) is 15900. The molecule has 0 spiro atoms. The zero-order valence-corrected chi connectivity index (χ0v) is 5.74. The topological polar surface area (TPSA) is 80.9 Å². The van der Waals surface area contributed by atoms with E-state index in [0.29, 0.717) is 0 Å². The molecule has 0 aromatic heterocycles. The summed E-state index contributed by atoms with van der Waals surface area (Å²) in [5, 5.41) is 0.